The van der Waals surface area contributed by atoms with Gasteiger partial charge in [-0.2, -0.15) is 0 Å². The van der Waals surface area contributed by atoms with Crippen LogP contribution in [0.4, 0.5) is 0 Å². The van der Waals surface area contributed by atoms with E-state index in [0.29, 0.717) is 11.8 Å². The Kier molecular flexibility index (Phi) is 6.07. The van der Waals surface area contributed by atoms with Gasteiger partial charge in [0.15, 0.2) is 0 Å². The van der Waals surface area contributed by atoms with Gasteiger partial charge in [-0.15, -0.1) is 0 Å². The van der Waals surface area contributed by atoms with Gasteiger partial charge in [0.25, 0.3) is 0 Å². The molecule has 33 heavy (non-hydrogen) atoms. The molecule has 0 bridgehead atoms. The molecule has 2 aromatic carbocycles. The van der Waals surface area contributed by atoms with E-state index >= 15 is 0 Å². The van der Waals surface area contributed by atoms with Gasteiger partial charge < -0.3 is 4.74 Å². The van der Waals surface area contributed by atoms with E-state index in [4.69, 9.17) is 14.7 Å². The average Bonchev–Trinajstić information content (AvgIpc) is 2.78. The molecule has 0 fully saturated rings. The fourth-order valence-corrected chi connectivity index (χ4v) is 3.66. The van der Waals surface area contributed by atoms with Gasteiger partial charge in [0.05, 0.1) is 11.4 Å². The zero-order valence-corrected chi connectivity index (χ0v) is 20.4. The van der Waals surface area contributed by atoms with Crippen molar-refractivity contribution in [3.05, 3.63) is 96.1 Å². The van der Waals surface area contributed by atoms with E-state index in [1.807, 2.05) is 36.4 Å². The van der Waals surface area contributed by atoms with Crippen molar-refractivity contribution >= 4 is 0 Å². The van der Waals surface area contributed by atoms with Gasteiger partial charge in [-0.25, -0.2) is 9.97 Å². The van der Waals surface area contributed by atoms with E-state index in [9.17, 15) is 0 Å². The van der Waals surface area contributed by atoms with Gasteiger partial charge in [-0.05, 0) is 46.2 Å². The second-order valence-corrected chi connectivity index (χ2v) is 10.5. The second kappa shape index (κ2) is 8.82. The zero-order valence-electron chi connectivity index (χ0n) is 20.4. The van der Waals surface area contributed by atoms with Crippen LogP contribution in [0.2, 0.25) is 0 Å². The van der Waals surface area contributed by atoms with E-state index in [-0.39, 0.29) is 10.8 Å². The molecular weight excluding hydrogens is 404 g/mol. The van der Waals surface area contributed by atoms with Gasteiger partial charge in [0.2, 0.25) is 11.8 Å². The first-order chi connectivity index (χ1) is 15.6. The summed E-state index contributed by atoms with van der Waals surface area (Å²) < 4.78 is 6.08. The van der Waals surface area contributed by atoms with E-state index in [1.165, 1.54) is 11.1 Å². The van der Waals surface area contributed by atoms with Gasteiger partial charge in [-0.1, -0.05) is 90.1 Å². The number of nitrogens with zero attached hydrogens (tertiary/aromatic N) is 2. The highest BCUT2D eigenvalue weighted by Gasteiger charge is 2.16. The lowest BCUT2D eigenvalue weighted by Crippen LogP contribution is -2.10. The van der Waals surface area contributed by atoms with Crippen LogP contribution >= 0.6 is 0 Å². The summed E-state index contributed by atoms with van der Waals surface area (Å²) >= 11 is 0. The van der Waals surface area contributed by atoms with Crippen molar-refractivity contribution in [2.24, 2.45) is 0 Å². The molecule has 3 nitrogen and oxygen atoms in total. The third kappa shape index (κ3) is 5.48. The zero-order chi connectivity index (χ0) is 23.6. The molecule has 0 aliphatic rings. The molecule has 0 radical (unpaired) electrons. The van der Waals surface area contributed by atoms with Crippen LogP contribution in [0.15, 0.2) is 84.9 Å². The van der Waals surface area contributed by atoms with Crippen LogP contribution in [0.25, 0.3) is 22.5 Å². The van der Waals surface area contributed by atoms with Gasteiger partial charge in [0.1, 0.15) is 0 Å². The molecular formula is C30H32N2O. The minimum Gasteiger partial charge on any atom is -0.421 e. The summed E-state index contributed by atoms with van der Waals surface area (Å²) in [6.07, 6.45) is 0. The van der Waals surface area contributed by atoms with Crippen molar-refractivity contribution in [1.29, 1.82) is 0 Å². The Bertz CT molecular complexity index is 1160. The molecule has 4 aromatic rings. The Balaban J connectivity index is 1.60. The average molecular weight is 437 g/mol. The van der Waals surface area contributed by atoms with Crippen LogP contribution < -0.4 is 4.74 Å². The van der Waals surface area contributed by atoms with Gasteiger partial charge >= 0.3 is 0 Å². The molecule has 168 valence electrons. The standard InChI is InChI=1S/C30H32N2O/c1-29(2,3)23-13-7-11-21(19-23)25-15-9-17-27(31-25)33-28-18-10-16-26(32-28)22-12-8-14-24(20-22)30(4,5)6/h7-20H,1-6H3. The topological polar surface area (TPSA) is 35.0 Å². The molecule has 2 heterocycles. The van der Waals surface area contributed by atoms with Crippen molar-refractivity contribution in [3.8, 4) is 34.3 Å². The molecule has 0 amide bonds. The molecule has 0 aliphatic carbocycles. The first kappa shape index (κ1) is 22.7. The largest absolute Gasteiger partial charge is 0.421 e. The summed E-state index contributed by atoms with van der Waals surface area (Å²) in [5, 5.41) is 0. The lowest BCUT2D eigenvalue weighted by molar-refractivity contribution is 0.446. The summed E-state index contributed by atoms with van der Waals surface area (Å²) in [6.45, 7) is 13.3. The van der Waals surface area contributed by atoms with Crippen molar-refractivity contribution in [3.63, 3.8) is 0 Å². The number of ether oxygens (including phenoxy) is 1. The van der Waals surface area contributed by atoms with Crippen LogP contribution in [0.5, 0.6) is 11.8 Å². The quantitative estimate of drug-likeness (QED) is 0.323. The number of hydrogen-bond donors (Lipinski definition) is 0. The summed E-state index contributed by atoms with van der Waals surface area (Å²) in [7, 11) is 0. The number of rotatable bonds is 4. The van der Waals surface area contributed by atoms with Crippen LogP contribution in [0.1, 0.15) is 52.7 Å². The summed E-state index contributed by atoms with van der Waals surface area (Å²) in [6, 6.07) is 28.8. The predicted molar refractivity (Wildman–Crippen MR) is 137 cm³/mol. The maximum Gasteiger partial charge on any atom is 0.221 e. The van der Waals surface area contributed by atoms with E-state index in [2.05, 4.69) is 90.1 Å². The van der Waals surface area contributed by atoms with Gasteiger partial charge in [-0.3, -0.25) is 0 Å². The van der Waals surface area contributed by atoms with Crippen LogP contribution in [-0.4, -0.2) is 9.97 Å². The summed E-state index contributed by atoms with van der Waals surface area (Å²) in [5.41, 5.74) is 6.64. The molecule has 0 spiro atoms. The number of pyridine rings is 2. The minimum absolute atomic E-state index is 0.0821. The molecule has 0 aliphatic heterocycles. The molecule has 0 saturated carbocycles. The Morgan fingerprint density at radius 2 is 0.909 bits per heavy atom. The minimum atomic E-state index is 0.0821. The number of benzene rings is 2. The predicted octanol–water partition coefficient (Wildman–Crippen LogP) is 8.20. The SMILES string of the molecule is CC(C)(C)c1cccc(-c2cccc(Oc3cccc(-c4cccc(C(C)(C)C)c4)n3)n2)c1. The first-order valence-corrected chi connectivity index (χ1v) is 11.4. The van der Waals surface area contributed by atoms with Crippen molar-refractivity contribution in [2.75, 3.05) is 0 Å². The molecule has 2 aromatic heterocycles. The van der Waals surface area contributed by atoms with Crippen molar-refractivity contribution < 1.29 is 4.74 Å². The van der Waals surface area contributed by atoms with Crippen molar-refractivity contribution in [2.45, 2.75) is 52.4 Å². The van der Waals surface area contributed by atoms with E-state index in [1.54, 1.807) is 0 Å². The molecule has 4 rings (SSSR count). The van der Waals surface area contributed by atoms with Gasteiger partial charge in [0, 0.05) is 23.3 Å². The van der Waals surface area contributed by atoms with Crippen LogP contribution in [-0.2, 0) is 10.8 Å². The smallest absolute Gasteiger partial charge is 0.221 e. The molecule has 3 heteroatoms. The fourth-order valence-electron chi connectivity index (χ4n) is 3.66. The molecule has 0 unspecified atom stereocenters. The van der Waals surface area contributed by atoms with Crippen molar-refractivity contribution in [1.82, 2.24) is 9.97 Å². The van der Waals surface area contributed by atoms with Crippen LogP contribution in [0, 0.1) is 0 Å². The highest BCUT2D eigenvalue weighted by Crippen LogP contribution is 2.30. The maximum atomic E-state index is 6.08. The first-order valence-electron chi connectivity index (χ1n) is 11.4. The highest BCUT2D eigenvalue weighted by atomic mass is 16.5. The normalized spacial score (nSPS) is 11.9. The maximum absolute atomic E-state index is 6.08. The lowest BCUT2D eigenvalue weighted by Gasteiger charge is -2.19. The highest BCUT2D eigenvalue weighted by molar-refractivity contribution is 5.62. The molecule has 0 atom stereocenters. The third-order valence-corrected chi connectivity index (χ3v) is 5.70. The van der Waals surface area contributed by atoms with Crippen LogP contribution in [0.3, 0.4) is 0 Å². The van der Waals surface area contributed by atoms with E-state index in [0.717, 1.165) is 22.5 Å². The number of hydrogen-bond acceptors (Lipinski definition) is 3. The summed E-state index contributed by atoms with van der Waals surface area (Å²) in [4.78, 5) is 9.50. The number of aromatic nitrogens is 2. The Morgan fingerprint density at radius 1 is 0.515 bits per heavy atom. The monoisotopic (exact) mass is 436 g/mol. The molecule has 0 N–H and O–H groups in total. The third-order valence-electron chi connectivity index (χ3n) is 5.70. The lowest BCUT2D eigenvalue weighted by atomic mass is 9.86. The second-order valence-electron chi connectivity index (χ2n) is 10.5. The Labute approximate surface area is 197 Å². The fraction of sp³-hybridized carbons (Fsp3) is 0.267. The Hall–Kier alpha value is -3.46. The Morgan fingerprint density at radius 3 is 1.30 bits per heavy atom. The van der Waals surface area contributed by atoms with E-state index < -0.39 is 0 Å². The summed E-state index contributed by atoms with van der Waals surface area (Å²) in [5.74, 6) is 1.06. The molecule has 0 saturated heterocycles.